The molecule has 3 rings (SSSR count). The molecule has 1 N–H and O–H groups in total. The molecular formula is C24H32ClN3S. The highest BCUT2D eigenvalue weighted by Gasteiger charge is 2.26. The first kappa shape index (κ1) is 22.1. The Kier molecular flexibility index (Phi) is 7.55. The maximum absolute atomic E-state index is 6.49. The fraction of sp³-hybridized carbons (Fsp3) is 0.458. The maximum atomic E-state index is 6.49. The fourth-order valence-electron chi connectivity index (χ4n) is 4.00. The molecule has 1 heterocycles. The lowest BCUT2D eigenvalue weighted by molar-refractivity contribution is 0.173. The summed E-state index contributed by atoms with van der Waals surface area (Å²) in [7, 11) is 2.19. The molecular weight excluding hydrogens is 398 g/mol. The van der Waals surface area contributed by atoms with E-state index in [9.17, 15) is 0 Å². The molecule has 1 aliphatic rings. The summed E-state index contributed by atoms with van der Waals surface area (Å²) in [6, 6.07) is 14.9. The first-order valence-corrected chi connectivity index (χ1v) is 11.2. The smallest absolute Gasteiger partial charge is 0.173 e. The van der Waals surface area contributed by atoms with E-state index in [0.29, 0.717) is 12.0 Å². The van der Waals surface area contributed by atoms with Crippen LogP contribution in [-0.2, 0) is 6.54 Å². The standard InChI is InChI=1S/C24H32ClN3S/c1-17(2)21-10-7-8-18(3)23(21)26-24(29)28(20-12-14-27(4)15-13-20)16-19-9-5-6-11-22(19)25/h5-11,17,20H,12-16H2,1-4H3,(H,26,29). The lowest BCUT2D eigenvalue weighted by atomic mass is 9.98. The molecule has 0 unspecified atom stereocenters. The largest absolute Gasteiger partial charge is 0.342 e. The van der Waals surface area contributed by atoms with Gasteiger partial charge in [0, 0.05) is 23.3 Å². The van der Waals surface area contributed by atoms with Crippen molar-refractivity contribution in [2.24, 2.45) is 0 Å². The minimum absolute atomic E-state index is 0.411. The van der Waals surface area contributed by atoms with E-state index >= 15 is 0 Å². The number of thiocarbonyl (C=S) groups is 1. The molecule has 1 fully saturated rings. The molecule has 2 aromatic rings. The van der Waals surface area contributed by atoms with Crippen molar-refractivity contribution in [3.05, 3.63) is 64.2 Å². The molecule has 0 aromatic heterocycles. The summed E-state index contributed by atoms with van der Waals surface area (Å²) in [5.41, 5.74) is 4.78. The Morgan fingerprint density at radius 1 is 1.17 bits per heavy atom. The number of nitrogens with one attached hydrogen (secondary N) is 1. The number of likely N-dealkylation sites (tertiary alicyclic amines) is 1. The topological polar surface area (TPSA) is 18.5 Å². The minimum Gasteiger partial charge on any atom is -0.342 e. The zero-order chi connectivity index (χ0) is 21.0. The van der Waals surface area contributed by atoms with E-state index in [4.69, 9.17) is 23.8 Å². The zero-order valence-corrected chi connectivity index (χ0v) is 19.5. The average Bonchev–Trinajstić information content (AvgIpc) is 2.69. The van der Waals surface area contributed by atoms with E-state index in [0.717, 1.165) is 53.9 Å². The Balaban J connectivity index is 1.88. The Bertz CT molecular complexity index is 844. The summed E-state index contributed by atoms with van der Waals surface area (Å²) in [4.78, 5) is 4.74. The lowest BCUT2D eigenvalue weighted by Gasteiger charge is -2.39. The van der Waals surface area contributed by atoms with E-state index in [2.05, 4.69) is 67.2 Å². The van der Waals surface area contributed by atoms with Crippen molar-refractivity contribution in [2.75, 3.05) is 25.5 Å². The average molecular weight is 430 g/mol. The van der Waals surface area contributed by atoms with Crippen molar-refractivity contribution in [2.45, 2.75) is 52.1 Å². The molecule has 0 bridgehead atoms. The number of benzene rings is 2. The number of rotatable bonds is 5. The van der Waals surface area contributed by atoms with Crippen LogP contribution in [-0.4, -0.2) is 41.1 Å². The van der Waals surface area contributed by atoms with Gasteiger partial charge in [-0.15, -0.1) is 0 Å². The second kappa shape index (κ2) is 9.92. The Labute approximate surface area is 186 Å². The van der Waals surface area contributed by atoms with Crippen molar-refractivity contribution in [3.8, 4) is 0 Å². The van der Waals surface area contributed by atoms with Gasteiger partial charge >= 0.3 is 0 Å². The maximum Gasteiger partial charge on any atom is 0.173 e. The van der Waals surface area contributed by atoms with Gasteiger partial charge in [0.2, 0.25) is 0 Å². The van der Waals surface area contributed by atoms with Gasteiger partial charge in [-0.25, -0.2) is 0 Å². The van der Waals surface area contributed by atoms with Crippen molar-refractivity contribution >= 4 is 34.6 Å². The van der Waals surface area contributed by atoms with Gasteiger partial charge < -0.3 is 15.1 Å². The quantitative estimate of drug-likeness (QED) is 0.581. The number of anilines is 1. The molecule has 29 heavy (non-hydrogen) atoms. The first-order chi connectivity index (χ1) is 13.9. The van der Waals surface area contributed by atoms with E-state index in [1.165, 1.54) is 11.1 Å². The number of para-hydroxylation sites is 1. The van der Waals surface area contributed by atoms with Crippen molar-refractivity contribution in [1.82, 2.24) is 9.80 Å². The summed E-state index contributed by atoms with van der Waals surface area (Å²) < 4.78 is 0. The predicted octanol–water partition coefficient (Wildman–Crippen LogP) is 6.07. The summed E-state index contributed by atoms with van der Waals surface area (Å²) in [5.74, 6) is 0.431. The van der Waals surface area contributed by atoms with Gasteiger partial charge in [0.15, 0.2) is 5.11 Å². The summed E-state index contributed by atoms with van der Waals surface area (Å²) in [6.07, 6.45) is 2.21. The summed E-state index contributed by atoms with van der Waals surface area (Å²) in [5, 5.41) is 5.19. The highest BCUT2D eigenvalue weighted by Crippen LogP contribution is 2.29. The molecule has 0 spiro atoms. The van der Waals surface area contributed by atoms with Gasteiger partial charge in [0.25, 0.3) is 0 Å². The Morgan fingerprint density at radius 3 is 2.52 bits per heavy atom. The normalized spacial score (nSPS) is 15.5. The third-order valence-corrected chi connectivity index (χ3v) is 6.55. The molecule has 0 saturated carbocycles. The zero-order valence-electron chi connectivity index (χ0n) is 17.9. The SMILES string of the molecule is Cc1cccc(C(C)C)c1NC(=S)N(Cc1ccccc1Cl)C1CCN(C)CC1. The van der Waals surface area contributed by atoms with Crippen LogP contribution in [0, 0.1) is 6.92 Å². The van der Waals surface area contributed by atoms with E-state index in [1.54, 1.807) is 0 Å². The van der Waals surface area contributed by atoms with Crippen LogP contribution in [0.1, 0.15) is 49.3 Å². The Morgan fingerprint density at radius 2 is 1.86 bits per heavy atom. The van der Waals surface area contributed by atoms with E-state index in [1.807, 2.05) is 18.2 Å². The van der Waals surface area contributed by atoms with Crippen LogP contribution in [0.4, 0.5) is 5.69 Å². The molecule has 5 heteroatoms. The molecule has 2 aromatic carbocycles. The molecule has 156 valence electrons. The summed E-state index contributed by atoms with van der Waals surface area (Å²) >= 11 is 12.5. The number of piperidine rings is 1. The highest BCUT2D eigenvalue weighted by atomic mass is 35.5. The van der Waals surface area contributed by atoms with Crippen LogP contribution in [0.2, 0.25) is 5.02 Å². The number of hydrogen-bond donors (Lipinski definition) is 1. The fourth-order valence-corrected chi connectivity index (χ4v) is 4.52. The molecule has 0 amide bonds. The van der Waals surface area contributed by atoms with Gasteiger partial charge in [0.1, 0.15) is 0 Å². The van der Waals surface area contributed by atoms with E-state index < -0.39 is 0 Å². The monoisotopic (exact) mass is 429 g/mol. The second-order valence-corrected chi connectivity index (χ2v) is 9.17. The molecule has 0 atom stereocenters. The van der Waals surface area contributed by atoms with Crippen LogP contribution in [0.3, 0.4) is 0 Å². The van der Waals surface area contributed by atoms with Gasteiger partial charge in [-0.05, 0) is 80.8 Å². The predicted molar refractivity (Wildman–Crippen MR) is 129 cm³/mol. The van der Waals surface area contributed by atoms with E-state index in [-0.39, 0.29) is 0 Å². The number of nitrogens with zero attached hydrogens (tertiary/aromatic N) is 2. The molecule has 0 aliphatic carbocycles. The van der Waals surface area contributed by atoms with Crippen LogP contribution in [0.15, 0.2) is 42.5 Å². The minimum atomic E-state index is 0.411. The van der Waals surface area contributed by atoms with Gasteiger partial charge in [-0.2, -0.15) is 0 Å². The molecule has 0 radical (unpaired) electrons. The van der Waals surface area contributed by atoms with Crippen LogP contribution >= 0.6 is 23.8 Å². The number of aryl methyl sites for hydroxylation is 1. The van der Waals surface area contributed by atoms with Crippen LogP contribution in [0.25, 0.3) is 0 Å². The number of halogens is 1. The van der Waals surface area contributed by atoms with Crippen molar-refractivity contribution < 1.29 is 0 Å². The molecule has 1 aliphatic heterocycles. The van der Waals surface area contributed by atoms with Gasteiger partial charge in [-0.1, -0.05) is 61.8 Å². The highest BCUT2D eigenvalue weighted by molar-refractivity contribution is 7.80. The van der Waals surface area contributed by atoms with Crippen LogP contribution in [0.5, 0.6) is 0 Å². The Hall–Kier alpha value is -1.62. The molecule has 3 nitrogen and oxygen atoms in total. The second-order valence-electron chi connectivity index (χ2n) is 8.38. The van der Waals surface area contributed by atoms with Gasteiger partial charge in [0.05, 0.1) is 0 Å². The number of hydrogen-bond acceptors (Lipinski definition) is 2. The van der Waals surface area contributed by atoms with Crippen molar-refractivity contribution in [1.29, 1.82) is 0 Å². The third-order valence-electron chi connectivity index (χ3n) is 5.85. The summed E-state index contributed by atoms with van der Waals surface area (Å²) in [6.45, 7) is 9.50. The lowest BCUT2D eigenvalue weighted by Crippen LogP contribution is -2.47. The molecule has 1 saturated heterocycles. The van der Waals surface area contributed by atoms with Crippen molar-refractivity contribution in [3.63, 3.8) is 0 Å². The third kappa shape index (κ3) is 5.50. The van der Waals surface area contributed by atoms with Gasteiger partial charge in [-0.3, -0.25) is 0 Å². The first-order valence-electron chi connectivity index (χ1n) is 10.5. The van der Waals surface area contributed by atoms with Crippen LogP contribution < -0.4 is 5.32 Å².